The highest BCUT2D eigenvalue weighted by Gasteiger charge is 2.44. The molecule has 1 saturated heterocycles. The van der Waals surface area contributed by atoms with Gasteiger partial charge in [-0.05, 0) is 6.92 Å². The molecule has 1 fully saturated rings. The Labute approximate surface area is 65.7 Å². The Morgan fingerprint density at radius 1 is 1.82 bits per heavy atom. The van der Waals surface area contributed by atoms with E-state index >= 15 is 0 Å². The first-order valence-electron chi connectivity index (χ1n) is 2.92. The predicted molar refractivity (Wildman–Crippen MR) is 36.1 cm³/mol. The summed E-state index contributed by atoms with van der Waals surface area (Å²) < 4.78 is 22.5. The fourth-order valence-corrected chi connectivity index (χ4v) is 1.14. The largest absolute Gasteiger partial charge is 0.325 e. The summed E-state index contributed by atoms with van der Waals surface area (Å²) in [6.07, 6.45) is 0. The number of hydrogen-bond acceptors (Lipinski definition) is 4. The van der Waals surface area contributed by atoms with Crippen LogP contribution in [0.15, 0.2) is 0 Å². The quantitative estimate of drug-likeness (QED) is 0.403. The minimum atomic E-state index is -2.45. The predicted octanol–water partition coefficient (Wildman–Crippen LogP) is -1.39. The van der Waals surface area contributed by atoms with E-state index in [1.807, 2.05) is 0 Å². The normalized spacial score (nSPS) is 33.4. The van der Waals surface area contributed by atoms with E-state index in [2.05, 4.69) is 4.28 Å². The Kier molecular flexibility index (Phi) is 2.23. The van der Waals surface area contributed by atoms with Crippen molar-refractivity contribution in [3.63, 3.8) is 0 Å². The summed E-state index contributed by atoms with van der Waals surface area (Å²) in [5.74, 6) is -0.472. The Morgan fingerprint density at radius 3 is 2.73 bits per heavy atom. The third-order valence-corrected chi connectivity index (χ3v) is 1.82. The molecular formula is C4H8N2O4S. The van der Waals surface area contributed by atoms with Gasteiger partial charge >= 0.3 is 11.4 Å². The van der Waals surface area contributed by atoms with Crippen LogP contribution in [0.5, 0.6) is 0 Å². The van der Waals surface area contributed by atoms with E-state index in [0.29, 0.717) is 0 Å². The Balaban J connectivity index is 2.49. The third kappa shape index (κ3) is 1.41. The van der Waals surface area contributed by atoms with Crippen LogP contribution in [0, 0.1) is 0 Å². The zero-order valence-corrected chi connectivity index (χ0v) is 6.58. The number of rotatable bonds is 2. The second-order valence-corrected chi connectivity index (χ2v) is 2.81. The molecule has 1 rings (SSSR count). The highest BCUT2D eigenvalue weighted by molar-refractivity contribution is 7.74. The molecule has 0 aromatic carbocycles. The van der Waals surface area contributed by atoms with E-state index < -0.39 is 23.3 Å². The molecule has 1 aliphatic rings. The van der Waals surface area contributed by atoms with Gasteiger partial charge in [-0.15, -0.1) is 4.28 Å². The molecule has 2 unspecified atom stereocenters. The Morgan fingerprint density at radius 2 is 2.36 bits per heavy atom. The molecule has 64 valence electrons. The second kappa shape index (κ2) is 2.86. The van der Waals surface area contributed by atoms with Gasteiger partial charge in [0.2, 0.25) is 0 Å². The van der Waals surface area contributed by atoms with Crippen LogP contribution in [0.2, 0.25) is 0 Å². The molecule has 6 nitrogen and oxygen atoms in total. The standard InChI is InChI=1S/C4H8N2O4S/c1-2-3(5)4(7)6(2)10-11(8)9/h2-3H,5H2,1H3,(H,8,9)/t2?,3-/m0/s1. The van der Waals surface area contributed by atoms with Crippen molar-refractivity contribution in [3.05, 3.63) is 0 Å². The Hall–Kier alpha value is -0.500. The molecule has 0 radical (unpaired) electrons. The zero-order valence-electron chi connectivity index (χ0n) is 5.76. The molecule has 0 aromatic heterocycles. The van der Waals surface area contributed by atoms with Crippen LogP contribution in [-0.2, 0) is 20.4 Å². The number of hydroxylamine groups is 2. The van der Waals surface area contributed by atoms with E-state index in [9.17, 15) is 9.00 Å². The fourth-order valence-electron chi connectivity index (χ4n) is 0.791. The molecule has 1 heterocycles. The van der Waals surface area contributed by atoms with Crippen molar-refractivity contribution in [2.45, 2.75) is 19.0 Å². The van der Waals surface area contributed by atoms with Crippen LogP contribution >= 0.6 is 0 Å². The van der Waals surface area contributed by atoms with Crippen molar-refractivity contribution in [2.24, 2.45) is 5.73 Å². The van der Waals surface area contributed by atoms with Crippen molar-refractivity contribution < 1.29 is 17.8 Å². The fraction of sp³-hybridized carbons (Fsp3) is 0.750. The molecule has 7 heteroatoms. The zero-order chi connectivity index (χ0) is 8.59. The Bertz CT molecular complexity index is 208. The number of β-lactam (4-membered cyclic amide) rings is 1. The molecule has 3 N–H and O–H groups in total. The highest BCUT2D eigenvalue weighted by Crippen LogP contribution is 2.18. The van der Waals surface area contributed by atoms with Crippen LogP contribution in [0.25, 0.3) is 0 Å². The second-order valence-electron chi connectivity index (χ2n) is 2.22. The first kappa shape index (κ1) is 8.60. The van der Waals surface area contributed by atoms with Gasteiger partial charge in [-0.1, -0.05) is 0 Å². The van der Waals surface area contributed by atoms with E-state index in [1.54, 1.807) is 6.92 Å². The lowest BCUT2D eigenvalue weighted by Crippen LogP contribution is -2.66. The number of nitrogens with two attached hydrogens (primary N) is 1. The summed E-state index contributed by atoms with van der Waals surface area (Å²) in [6, 6.07) is -0.947. The molecule has 0 saturated carbocycles. The lowest BCUT2D eigenvalue weighted by molar-refractivity contribution is -0.191. The molecule has 3 atom stereocenters. The van der Waals surface area contributed by atoms with Crippen LogP contribution < -0.4 is 5.73 Å². The summed E-state index contributed by atoms with van der Waals surface area (Å²) in [5, 5.41) is 0.792. The monoisotopic (exact) mass is 180 g/mol. The van der Waals surface area contributed by atoms with Gasteiger partial charge in [0.1, 0.15) is 6.04 Å². The average molecular weight is 180 g/mol. The van der Waals surface area contributed by atoms with E-state index in [0.717, 1.165) is 5.06 Å². The molecule has 0 bridgehead atoms. The van der Waals surface area contributed by atoms with Gasteiger partial charge in [-0.25, -0.2) is 0 Å². The minimum absolute atomic E-state index is 0.335. The van der Waals surface area contributed by atoms with Gasteiger partial charge in [0, 0.05) is 0 Å². The van der Waals surface area contributed by atoms with Crippen molar-refractivity contribution >= 4 is 17.3 Å². The maximum absolute atomic E-state index is 10.7. The molecule has 11 heavy (non-hydrogen) atoms. The number of amides is 1. The van der Waals surface area contributed by atoms with Gasteiger partial charge in [0.25, 0.3) is 5.91 Å². The molecule has 0 aliphatic carbocycles. The summed E-state index contributed by atoms with van der Waals surface area (Å²) in [7, 11) is 0. The summed E-state index contributed by atoms with van der Waals surface area (Å²) in [5.41, 5.74) is 5.28. The van der Waals surface area contributed by atoms with E-state index in [4.69, 9.17) is 10.3 Å². The molecule has 1 aliphatic heterocycles. The van der Waals surface area contributed by atoms with Gasteiger partial charge in [0.05, 0.1) is 6.04 Å². The van der Waals surface area contributed by atoms with Gasteiger partial charge in [0.15, 0.2) is 0 Å². The minimum Gasteiger partial charge on any atom is -0.318 e. The smallest absolute Gasteiger partial charge is 0.318 e. The number of nitrogens with zero attached hydrogens (tertiary/aromatic N) is 1. The maximum Gasteiger partial charge on any atom is 0.325 e. The maximum atomic E-state index is 10.7. The number of carbonyl (C=O) groups is 1. The van der Waals surface area contributed by atoms with Crippen LogP contribution in [-0.4, -0.2) is 31.8 Å². The lowest BCUT2D eigenvalue weighted by Gasteiger charge is -2.39. The topological polar surface area (TPSA) is 92.9 Å². The van der Waals surface area contributed by atoms with Crippen molar-refractivity contribution in [3.8, 4) is 0 Å². The van der Waals surface area contributed by atoms with E-state index in [-0.39, 0.29) is 6.04 Å². The summed E-state index contributed by atoms with van der Waals surface area (Å²) in [4.78, 5) is 10.7. The summed E-state index contributed by atoms with van der Waals surface area (Å²) in [6.45, 7) is 1.62. The van der Waals surface area contributed by atoms with Crippen molar-refractivity contribution in [1.82, 2.24) is 5.06 Å². The van der Waals surface area contributed by atoms with Gasteiger partial charge in [-0.3, -0.25) is 9.35 Å². The number of carbonyl (C=O) groups excluding carboxylic acids is 1. The third-order valence-electron chi connectivity index (χ3n) is 1.54. The SMILES string of the molecule is CC1[C@H](N)C(=O)N1OS(=O)O. The first-order valence-corrected chi connectivity index (χ1v) is 3.95. The molecular weight excluding hydrogens is 172 g/mol. The van der Waals surface area contributed by atoms with Crippen LogP contribution in [0.4, 0.5) is 0 Å². The number of hydrogen-bond donors (Lipinski definition) is 2. The van der Waals surface area contributed by atoms with Crippen molar-refractivity contribution in [2.75, 3.05) is 0 Å². The highest BCUT2D eigenvalue weighted by atomic mass is 32.2. The molecule has 1 amide bonds. The van der Waals surface area contributed by atoms with E-state index in [1.165, 1.54) is 0 Å². The van der Waals surface area contributed by atoms with Crippen LogP contribution in [0.1, 0.15) is 6.92 Å². The summed E-state index contributed by atoms with van der Waals surface area (Å²) >= 11 is -2.45. The van der Waals surface area contributed by atoms with Crippen molar-refractivity contribution in [1.29, 1.82) is 0 Å². The first-order chi connectivity index (χ1) is 5.04. The van der Waals surface area contributed by atoms with Gasteiger partial charge < -0.3 is 5.73 Å². The van der Waals surface area contributed by atoms with Gasteiger partial charge in [-0.2, -0.15) is 9.27 Å². The van der Waals surface area contributed by atoms with Crippen LogP contribution in [0.3, 0.4) is 0 Å². The molecule has 0 spiro atoms. The average Bonchev–Trinajstić information content (AvgIpc) is 1.98. The molecule has 0 aromatic rings. The lowest BCUT2D eigenvalue weighted by atomic mass is 10.0.